The van der Waals surface area contributed by atoms with E-state index in [-0.39, 0.29) is 0 Å². The van der Waals surface area contributed by atoms with Crippen LogP contribution in [0.5, 0.6) is 5.75 Å². The van der Waals surface area contributed by atoms with Crippen molar-refractivity contribution in [3.8, 4) is 5.75 Å². The molecule has 0 saturated carbocycles. The Balaban J connectivity index is 2.28. The fraction of sp³-hybridized carbons (Fsp3) is 0.385. The van der Waals surface area contributed by atoms with Crippen LogP contribution >= 0.6 is 0 Å². The number of aryl methyl sites for hydroxylation is 1. The Morgan fingerprint density at radius 2 is 2.14 bits per heavy atom. The molecule has 0 aliphatic rings. The van der Waals surface area contributed by atoms with Crippen molar-refractivity contribution in [2.75, 3.05) is 6.61 Å². The molecule has 0 N–H and O–H groups in total. The average molecular weight is 190 g/mol. The molecule has 0 fully saturated rings. The van der Waals surface area contributed by atoms with E-state index in [1.54, 1.807) is 0 Å². The molecule has 0 spiro atoms. The molecule has 1 rings (SSSR count). The summed E-state index contributed by atoms with van der Waals surface area (Å²) in [5, 5.41) is 0. The third-order valence-electron chi connectivity index (χ3n) is 1.95. The summed E-state index contributed by atoms with van der Waals surface area (Å²) in [6.45, 7) is 4.97. The van der Waals surface area contributed by atoms with Gasteiger partial charge >= 0.3 is 0 Å². The zero-order valence-electron chi connectivity index (χ0n) is 8.99. The van der Waals surface area contributed by atoms with Gasteiger partial charge < -0.3 is 4.74 Å². The molecule has 1 aromatic carbocycles. The Labute approximate surface area is 86.4 Å². The zero-order valence-corrected chi connectivity index (χ0v) is 8.99. The van der Waals surface area contributed by atoms with E-state index in [1.165, 1.54) is 5.56 Å². The first-order valence-electron chi connectivity index (χ1n) is 5.17. The summed E-state index contributed by atoms with van der Waals surface area (Å²) < 4.78 is 5.58. The highest BCUT2D eigenvalue weighted by atomic mass is 16.5. The molecule has 1 aromatic rings. The SMILES string of the molecule is CCC=CCCOc1cccc(C)c1. The van der Waals surface area contributed by atoms with Crippen LogP contribution in [-0.4, -0.2) is 6.61 Å². The second-order valence-corrected chi connectivity index (χ2v) is 3.33. The summed E-state index contributed by atoms with van der Waals surface area (Å²) in [6, 6.07) is 8.15. The van der Waals surface area contributed by atoms with Gasteiger partial charge in [-0.15, -0.1) is 0 Å². The van der Waals surface area contributed by atoms with Gasteiger partial charge in [0.05, 0.1) is 6.61 Å². The molecule has 0 amide bonds. The molecular weight excluding hydrogens is 172 g/mol. The average Bonchev–Trinajstić information content (AvgIpc) is 2.18. The van der Waals surface area contributed by atoms with Gasteiger partial charge in [-0.3, -0.25) is 0 Å². The Morgan fingerprint density at radius 1 is 1.29 bits per heavy atom. The minimum Gasteiger partial charge on any atom is -0.493 e. The standard InChI is InChI=1S/C13H18O/c1-3-4-5-6-10-14-13-9-7-8-12(2)11-13/h4-5,7-9,11H,3,6,10H2,1-2H3. The maximum Gasteiger partial charge on any atom is 0.119 e. The lowest BCUT2D eigenvalue weighted by Crippen LogP contribution is -1.95. The van der Waals surface area contributed by atoms with E-state index in [0.29, 0.717) is 0 Å². The predicted octanol–water partition coefficient (Wildman–Crippen LogP) is 3.73. The summed E-state index contributed by atoms with van der Waals surface area (Å²) in [5.41, 5.74) is 1.24. The monoisotopic (exact) mass is 190 g/mol. The highest BCUT2D eigenvalue weighted by molar-refractivity contribution is 5.27. The minimum atomic E-state index is 0.764. The van der Waals surface area contributed by atoms with Crippen LogP contribution in [0.1, 0.15) is 25.3 Å². The van der Waals surface area contributed by atoms with E-state index in [4.69, 9.17) is 4.74 Å². The molecule has 0 bridgehead atoms. The van der Waals surface area contributed by atoms with E-state index >= 15 is 0 Å². The number of rotatable bonds is 5. The van der Waals surface area contributed by atoms with Crippen molar-refractivity contribution in [2.24, 2.45) is 0 Å². The first kappa shape index (κ1) is 10.8. The van der Waals surface area contributed by atoms with Gasteiger partial charge in [0.15, 0.2) is 0 Å². The van der Waals surface area contributed by atoms with Gasteiger partial charge in [-0.1, -0.05) is 31.2 Å². The molecule has 0 unspecified atom stereocenters. The number of hydrogen-bond acceptors (Lipinski definition) is 1. The van der Waals surface area contributed by atoms with Gasteiger partial charge in [-0.05, 0) is 37.5 Å². The number of hydrogen-bond donors (Lipinski definition) is 0. The van der Waals surface area contributed by atoms with E-state index in [1.807, 2.05) is 12.1 Å². The lowest BCUT2D eigenvalue weighted by Gasteiger charge is -2.04. The van der Waals surface area contributed by atoms with Crippen molar-refractivity contribution in [2.45, 2.75) is 26.7 Å². The van der Waals surface area contributed by atoms with Crippen LogP contribution in [-0.2, 0) is 0 Å². The van der Waals surface area contributed by atoms with Gasteiger partial charge in [0.25, 0.3) is 0 Å². The Bertz CT molecular complexity index is 289. The molecule has 14 heavy (non-hydrogen) atoms. The number of allylic oxidation sites excluding steroid dienone is 1. The third-order valence-corrected chi connectivity index (χ3v) is 1.95. The second kappa shape index (κ2) is 6.25. The van der Waals surface area contributed by atoms with Crippen molar-refractivity contribution in [3.63, 3.8) is 0 Å². The first-order chi connectivity index (χ1) is 6.83. The summed E-state index contributed by atoms with van der Waals surface area (Å²) in [5.74, 6) is 0.967. The lowest BCUT2D eigenvalue weighted by atomic mass is 10.2. The maximum atomic E-state index is 5.58. The third kappa shape index (κ3) is 4.13. The van der Waals surface area contributed by atoms with Gasteiger partial charge in [0, 0.05) is 0 Å². The molecular formula is C13H18O. The highest BCUT2D eigenvalue weighted by Crippen LogP contribution is 2.12. The van der Waals surface area contributed by atoms with E-state index in [2.05, 4.69) is 38.1 Å². The van der Waals surface area contributed by atoms with Crippen molar-refractivity contribution < 1.29 is 4.74 Å². The highest BCUT2D eigenvalue weighted by Gasteiger charge is 1.91. The van der Waals surface area contributed by atoms with Gasteiger partial charge in [-0.2, -0.15) is 0 Å². The molecule has 0 atom stereocenters. The molecule has 0 aliphatic carbocycles. The van der Waals surface area contributed by atoms with E-state index < -0.39 is 0 Å². The topological polar surface area (TPSA) is 9.23 Å². The normalized spacial score (nSPS) is 10.7. The quantitative estimate of drug-likeness (QED) is 0.508. The van der Waals surface area contributed by atoms with Gasteiger partial charge in [-0.25, -0.2) is 0 Å². The smallest absolute Gasteiger partial charge is 0.119 e. The van der Waals surface area contributed by atoms with Crippen LogP contribution in [0.25, 0.3) is 0 Å². The number of benzene rings is 1. The Kier molecular flexibility index (Phi) is 4.84. The molecule has 0 aliphatic heterocycles. The van der Waals surface area contributed by atoms with Crippen LogP contribution in [0.3, 0.4) is 0 Å². The Hall–Kier alpha value is -1.24. The fourth-order valence-electron chi connectivity index (χ4n) is 1.23. The molecule has 76 valence electrons. The molecule has 0 radical (unpaired) electrons. The van der Waals surface area contributed by atoms with Crippen molar-refractivity contribution in [1.29, 1.82) is 0 Å². The van der Waals surface area contributed by atoms with Gasteiger partial charge in [0.1, 0.15) is 5.75 Å². The van der Waals surface area contributed by atoms with Crippen LogP contribution in [0.15, 0.2) is 36.4 Å². The fourth-order valence-corrected chi connectivity index (χ4v) is 1.23. The van der Waals surface area contributed by atoms with E-state index in [0.717, 1.165) is 25.2 Å². The van der Waals surface area contributed by atoms with Crippen molar-refractivity contribution in [1.82, 2.24) is 0 Å². The van der Waals surface area contributed by atoms with E-state index in [9.17, 15) is 0 Å². The van der Waals surface area contributed by atoms with Gasteiger partial charge in [0.2, 0.25) is 0 Å². The van der Waals surface area contributed by atoms with Crippen LogP contribution < -0.4 is 4.74 Å². The predicted molar refractivity (Wildman–Crippen MR) is 60.7 cm³/mol. The zero-order chi connectivity index (χ0) is 10.2. The minimum absolute atomic E-state index is 0.764. The Morgan fingerprint density at radius 3 is 2.86 bits per heavy atom. The van der Waals surface area contributed by atoms with Crippen LogP contribution in [0.4, 0.5) is 0 Å². The summed E-state index contributed by atoms with van der Waals surface area (Å²) in [6.07, 6.45) is 6.42. The maximum absolute atomic E-state index is 5.58. The van der Waals surface area contributed by atoms with Crippen molar-refractivity contribution >= 4 is 0 Å². The summed E-state index contributed by atoms with van der Waals surface area (Å²) in [7, 11) is 0. The molecule has 1 heteroatoms. The van der Waals surface area contributed by atoms with Crippen molar-refractivity contribution in [3.05, 3.63) is 42.0 Å². The molecule has 0 aromatic heterocycles. The summed E-state index contributed by atoms with van der Waals surface area (Å²) >= 11 is 0. The molecule has 1 nitrogen and oxygen atoms in total. The second-order valence-electron chi connectivity index (χ2n) is 3.33. The van der Waals surface area contributed by atoms with Crippen LogP contribution in [0.2, 0.25) is 0 Å². The van der Waals surface area contributed by atoms with Crippen LogP contribution in [0, 0.1) is 6.92 Å². The summed E-state index contributed by atoms with van der Waals surface area (Å²) in [4.78, 5) is 0. The largest absolute Gasteiger partial charge is 0.493 e. The molecule has 0 heterocycles. The molecule has 0 saturated heterocycles. The first-order valence-corrected chi connectivity index (χ1v) is 5.17. The lowest BCUT2D eigenvalue weighted by molar-refractivity contribution is 0.324. The number of ether oxygens (including phenoxy) is 1.